The van der Waals surface area contributed by atoms with Crippen LogP contribution in [0.4, 0.5) is 5.69 Å². The van der Waals surface area contributed by atoms with Crippen molar-refractivity contribution in [3.63, 3.8) is 0 Å². The fraction of sp³-hybridized carbons (Fsp3) is 0.235. The van der Waals surface area contributed by atoms with E-state index in [-0.39, 0.29) is 11.2 Å². The molecule has 0 fully saturated rings. The molecule has 1 atom stereocenters. The molecule has 2 rings (SSSR count). The lowest BCUT2D eigenvalue weighted by molar-refractivity contribution is -0.115. The van der Waals surface area contributed by atoms with E-state index in [0.29, 0.717) is 5.02 Å². The fourth-order valence-corrected chi connectivity index (χ4v) is 2.94. The number of hydrogen-bond donors (Lipinski definition) is 1. The van der Waals surface area contributed by atoms with Crippen molar-refractivity contribution in [1.82, 2.24) is 0 Å². The van der Waals surface area contributed by atoms with Crippen LogP contribution in [0.1, 0.15) is 18.1 Å². The Bertz CT molecular complexity index is 615. The first-order chi connectivity index (χ1) is 10.1. The van der Waals surface area contributed by atoms with Crippen molar-refractivity contribution in [1.29, 1.82) is 0 Å². The van der Waals surface area contributed by atoms with E-state index in [2.05, 4.69) is 17.4 Å². The molecule has 0 heterocycles. The minimum Gasteiger partial charge on any atom is -0.325 e. The number of thioether (sulfide) groups is 1. The van der Waals surface area contributed by atoms with E-state index in [1.807, 2.05) is 44.2 Å². The van der Waals surface area contributed by atoms with Gasteiger partial charge in [-0.25, -0.2) is 0 Å². The first-order valence-corrected chi connectivity index (χ1v) is 8.21. The number of carbonyl (C=O) groups excluding carboxylic acids is 1. The Kier molecular flexibility index (Phi) is 5.71. The van der Waals surface area contributed by atoms with Gasteiger partial charge in [0.05, 0.1) is 5.25 Å². The van der Waals surface area contributed by atoms with Crippen LogP contribution >= 0.6 is 23.4 Å². The lowest BCUT2D eigenvalue weighted by Crippen LogP contribution is -2.23. The molecule has 0 saturated carbocycles. The summed E-state index contributed by atoms with van der Waals surface area (Å²) >= 11 is 7.54. The molecule has 0 spiro atoms. The number of rotatable bonds is 5. The molecule has 1 unspecified atom stereocenters. The van der Waals surface area contributed by atoms with Gasteiger partial charge >= 0.3 is 0 Å². The molecule has 0 bridgehead atoms. The monoisotopic (exact) mass is 319 g/mol. The molecule has 0 aliphatic rings. The van der Waals surface area contributed by atoms with Crippen LogP contribution in [0.3, 0.4) is 0 Å². The quantitative estimate of drug-likeness (QED) is 0.848. The largest absolute Gasteiger partial charge is 0.325 e. The number of halogens is 1. The second-order valence-electron chi connectivity index (χ2n) is 4.89. The average Bonchev–Trinajstić information content (AvgIpc) is 2.48. The molecule has 2 aromatic carbocycles. The van der Waals surface area contributed by atoms with Gasteiger partial charge in [-0.2, -0.15) is 0 Å². The molecule has 0 aromatic heterocycles. The van der Waals surface area contributed by atoms with Crippen LogP contribution in [-0.2, 0) is 10.5 Å². The Hall–Kier alpha value is -1.45. The van der Waals surface area contributed by atoms with E-state index < -0.39 is 0 Å². The summed E-state index contributed by atoms with van der Waals surface area (Å²) in [4.78, 5) is 12.2. The standard InChI is InChI=1S/C17H18ClNOS/c1-12-10-15(18)8-9-16(12)19-17(20)13(2)21-11-14-6-4-3-5-7-14/h3-10,13H,11H2,1-2H3,(H,19,20). The molecule has 0 aliphatic carbocycles. The van der Waals surface area contributed by atoms with Gasteiger partial charge in [-0.05, 0) is 43.2 Å². The Morgan fingerprint density at radius 1 is 1.24 bits per heavy atom. The van der Waals surface area contributed by atoms with Gasteiger partial charge in [0.15, 0.2) is 0 Å². The third-order valence-electron chi connectivity index (χ3n) is 3.16. The zero-order valence-electron chi connectivity index (χ0n) is 12.1. The van der Waals surface area contributed by atoms with Gasteiger partial charge in [-0.1, -0.05) is 41.9 Å². The highest BCUT2D eigenvalue weighted by molar-refractivity contribution is 7.99. The third-order valence-corrected chi connectivity index (χ3v) is 4.61. The molecule has 1 amide bonds. The summed E-state index contributed by atoms with van der Waals surface area (Å²) < 4.78 is 0. The Balaban J connectivity index is 1.90. The summed E-state index contributed by atoms with van der Waals surface area (Å²) in [5, 5.41) is 3.52. The van der Waals surface area contributed by atoms with Crippen molar-refractivity contribution in [2.24, 2.45) is 0 Å². The molecule has 0 saturated heterocycles. The molecule has 21 heavy (non-hydrogen) atoms. The summed E-state index contributed by atoms with van der Waals surface area (Å²) in [6.07, 6.45) is 0. The van der Waals surface area contributed by atoms with Crippen LogP contribution < -0.4 is 5.32 Å². The zero-order chi connectivity index (χ0) is 15.2. The minimum atomic E-state index is -0.111. The lowest BCUT2D eigenvalue weighted by Gasteiger charge is -2.13. The van der Waals surface area contributed by atoms with Crippen LogP contribution in [0.15, 0.2) is 48.5 Å². The summed E-state index contributed by atoms with van der Waals surface area (Å²) in [6.45, 7) is 3.86. The van der Waals surface area contributed by atoms with Crippen LogP contribution in [0.2, 0.25) is 5.02 Å². The fourth-order valence-electron chi connectivity index (χ4n) is 1.87. The molecule has 4 heteroatoms. The number of nitrogens with one attached hydrogen (secondary N) is 1. The molecule has 2 aromatic rings. The van der Waals surface area contributed by atoms with E-state index in [1.54, 1.807) is 17.8 Å². The summed E-state index contributed by atoms with van der Waals surface area (Å²) in [5.41, 5.74) is 3.01. The first-order valence-electron chi connectivity index (χ1n) is 6.79. The number of anilines is 1. The van der Waals surface area contributed by atoms with E-state index in [1.165, 1.54) is 5.56 Å². The Morgan fingerprint density at radius 2 is 1.95 bits per heavy atom. The summed E-state index contributed by atoms with van der Waals surface area (Å²) in [7, 11) is 0. The average molecular weight is 320 g/mol. The Morgan fingerprint density at radius 3 is 2.62 bits per heavy atom. The van der Waals surface area contributed by atoms with Crippen LogP contribution in [0.25, 0.3) is 0 Å². The lowest BCUT2D eigenvalue weighted by atomic mass is 10.2. The van der Waals surface area contributed by atoms with Crippen molar-refractivity contribution >= 4 is 35.0 Å². The van der Waals surface area contributed by atoms with Gasteiger partial charge in [0.2, 0.25) is 5.91 Å². The highest BCUT2D eigenvalue weighted by Gasteiger charge is 2.14. The van der Waals surface area contributed by atoms with E-state index in [0.717, 1.165) is 17.0 Å². The first kappa shape index (κ1) is 15.9. The maximum Gasteiger partial charge on any atom is 0.237 e. The van der Waals surface area contributed by atoms with Crippen molar-refractivity contribution < 1.29 is 4.79 Å². The number of aryl methyl sites for hydroxylation is 1. The molecular weight excluding hydrogens is 302 g/mol. The second kappa shape index (κ2) is 7.53. The van der Waals surface area contributed by atoms with Gasteiger partial charge in [0.1, 0.15) is 0 Å². The topological polar surface area (TPSA) is 29.1 Å². The molecule has 0 radical (unpaired) electrons. The van der Waals surface area contributed by atoms with Gasteiger partial charge < -0.3 is 5.32 Å². The molecule has 110 valence electrons. The highest BCUT2D eigenvalue weighted by atomic mass is 35.5. The van der Waals surface area contributed by atoms with Crippen molar-refractivity contribution in [2.75, 3.05) is 5.32 Å². The molecule has 2 nitrogen and oxygen atoms in total. The van der Waals surface area contributed by atoms with Crippen LogP contribution in [0.5, 0.6) is 0 Å². The minimum absolute atomic E-state index is 0.0151. The van der Waals surface area contributed by atoms with Crippen LogP contribution in [-0.4, -0.2) is 11.2 Å². The molecule has 0 aliphatic heterocycles. The number of amides is 1. The van der Waals surface area contributed by atoms with Crippen molar-refractivity contribution in [3.05, 3.63) is 64.7 Å². The maximum absolute atomic E-state index is 12.2. The van der Waals surface area contributed by atoms with Gasteiger partial charge in [0, 0.05) is 16.5 Å². The van der Waals surface area contributed by atoms with E-state index in [4.69, 9.17) is 11.6 Å². The Labute approximate surface area is 134 Å². The third kappa shape index (κ3) is 4.80. The smallest absolute Gasteiger partial charge is 0.237 e. The van der Waals surface area contributed by atoms with Crippen LogP contribution in [0, 0.1) is 6.92 Å². The number of hydrogen-bond acceptors (Lipinski definition) is 2. The SMILES string of the molecule is Cc1cc(Cl)ccc1NC(=O)C(C)SCc1ccccc1. The summed E-state index contributed by atoms with van der Waals surface area (Å²) in [6, 6.07) is 15.6. The number of benzene rings is 2. The van der Waals surface area contributed by atoms with Gasteiger partial charge in [-0.3, -0.25) is 4.79 Å². The highest BCUT2D eigenvalue weighted by Crippen LogP contribution is 2.22. The zero-order valence-corrected chi connectivity index (χ0v) is 13.7. The molecular formula is C17H18ClNOS. The molecule has 1 N–H and O–H groups in total. The maximum atomic E-state index is 12.2. The van der Waals surface area contributed by atoms with Gasteiger partial charge in [0.25, 0.3) is 0 Å². The predicted octanol–water partition coefficient (Wildman–Crippen LogP) is 4.91. The normalized spacial score (nSPS) is 12.0. The van der Waals surface area contributed by atoms with Gasteiger partial charge in [-0.15, -0.1) is 11.8 Å². The van der Waals surface area contributed by atoms with Crippen molar-refractivity contribution in [2.45, 2.75) is 24.9 Å². The second-order valence-corrected chi connectivity index (χ2v) is 6.65. The van der Waals surface area contributed by atoms with E-state index in [9.17, 15) is 4.79 Å². The number of carbonyl (C=O) groups is 1. The summed E-state index contributed by atoms with van der Waals surface area (Å²) in [5.74, 6) is 0.844. The predicted molar refractivity (Wildman–Crippen MR) is 92.0 cm³/mol. The van der Waals surface area contributed by atoms with Crippen molar-refractivity contribution in [3.8, 4) is 0 Å². The van der Waals surface area contributed by atoms with E-state index >= 15 is 0 Å².